The lowest BCUT2D eigenvalue weighted by Gasteiger charge is -2.21. The van der Waals surface area contributed by atoms with E-state index in [4.69, 9.17) is 21.4 Å². The van der Waals surface area contributed by atoms with Crippen molar-refractivity contribution in [3.63, 3.8) is 0 Å². The molecule has 1 aromatic carbocycles. The van der Waals surface area contributed by atoms with Crippen LogP contribution >= 0.6 is 11.6 Å². The highest BCUT2D eigenvalue weighted by molar-refractivity contribution is 6.30. The molecule has 114 valence electrons. The number of anilines is 1. The number of carboxylic acid groups (broad SMARTS) is 1. The minimum atomic E-state index is -0.976. The normalized spacial score (nSPS) is 14.6. The number of likely N-dealkylation sites (N-methyl/N-ethyl adjacent to an activating group) is 1. The summed E-state index contributed by atoms with van der Waals surface area (Å²) >= 11 is 5.98. The Kier molecular flexibility index (Phi) is 5.65. The van der Waals surface area contributed by atoms with E-state index in [1.54, 1.807) is 18.2 Å². The van der Waals surface area contributed by atoms with Gasteiger partial charge >= 0.3 is 5.97 Å². The summed E-state index contributed by atoms with van der Waals surface area (Å²) in [5, 5.41) is 9.34. The van der Waals surface area contributed by atoms with Gasteiger partial charge in [-0.1, -0.05) is 11.6 Å². The molecule has 0 spiro atoms. The smallest absolute Gasteiger partial charge is 0.328 e. The molecule has 0 aliphatic heterocycles. The van der Waals surface area contributed by atoms with Gasteiger partial charge in [0, 0.05) is 37.0 Å². The highest BCUT2D eigenvalue weighted by Crippen LogP contribution is 2.29. The molecule has 0 saturated heterocycles. The molecule has 1 aliphatic rings. The Labute approximate surface area is 130 Å². The van der Waals surface area contributed by atoms with Crippen LogP contribution in [-0.2, 0) is 9.53 Å². The summed E-state index contributed by atoms with van der Waals surface area (Å²) in [5.74, 6) is -0.212. The summed E-state index contributed by atoms with van der Waals surface area (Å²) in [4.78, 5) is 12.7. The third-order valence-corrected chi connectivity index (χ3v) is 3.66. The van der Waals surface area contributed by atoms with Crippen LogP contribution in [0.2, 0.25) is 5.02 Å². The molecule has 1 saturated carbocycles. The molecule has 0 bridgehead atoms. The van der Waals surface area contributed by atoms with Gasteiger partial charge in [0.05, 0.1) is 6.61 Å². The Morgan fingerprint density at radius 2 is 2.29 bits per heavy atom. The van der Waals surface area contributed by atoms with Crippen molar-refractivity contribution in [2.45, 2.75) is 12.8 Å². The van der Waals surface area contributed by atoms with E-state index >= 15 is 0 Å². The zero-order chi connectivity index (χ0) is 15.2. The van der Waals surface area contributed by atoms with Gasteiger partial charge in [-0.2, -0.15) is 0 Å². The third kappa shape index (κ3) is 5.40. The van der Waals surface area contributed by atoms with Gasteiger partial charge in [-0.25, -0.2) is 4.79 Å². The second-order valence-corrected chi connectivity index (χ2v) is 5.75. The zero-order valence-corrected chi connectivity index (χ0v) is 12.8. The van der Waals surface area contributed by atoms with E-state index in [1.807, 2.05) is 18.0 Å². The van der Waals surface area contributed by atoms with Crippen LogP contribution in [0.5, 0.6) is 0 Å². The topological polar surface area (TPSA) is 49.8 Å². The summed E-state index contributed by atoms with van der Waals surface area (Å²) in [5.41, 5.74) is 1.72. The largest absolute Gasteiger partial charge is 0.478 e. The van der Waals surface area contributed by atoms with Crippen molar-refractivity contribution in [3.05, 3.63) is 34.9 Å². The van der Waals surface area contributed by atoms with Gasteiger partial charge in [-0.15, -0.1) is 0 Å². The molecule has 0 amide bonds. The lowest BCUT2D eigenvalue weighted by Crippen LogP contribution is -2.23. The molecule has 21 heavy (non-hydrogen) atoms. The Balaban J connectivity index is 1.96. The first-order chi connectivity index (χ1) is 10.1. The second-order valence-electron chi connectivity index (χ2n) is 5.31. The van der Waals surface area contributed by atoms with Gasteiger partial charge < -0.3 is 14.7 Å². The molecule has 1 aromatic rings. The minimum absolute atomic E-state index is 0.585. The average molecular weight is 310 g/mol. The SMILES string of the molecule is CN(CCOCC1CC1)c1ccc(Cl)cc1/C=C/C(=O)O. The van der Waals surface area contributed by atoms with E-state index in [2.05, 4.69) is 0 Å². The molecule has 5 heteroatoms. The lowest BCUT2D eigenvalue weighted by atomic mass is 10.1. The highest BCUT2D eigenvalue weighted by atomic mass is 35.5. The number of carbonyl (C=O) groups is 1. The average Bonchev–Trinajstić information content (AvgIpc) is 3.25. The van der Waals surface area contributed by atoms with Gasteiger partial charge in [0.25, 0.3) is 0 Å². The number of benzene rings is 1. The van der Waals surface area contributed by atoms with E-state index in [9.17, 15) is 4.79 Å². The van der Waals surface area contributed by atoms with Crippen LogP contribution < -0.4 is 4.90 Å². The number of rotatable bonds is 8. The lowest BCUT2D eigenvalue weighted by molar-refractivity contribution is -0.131. The van der Waals surface area contributed by atoms with Crippen molar-refractivity contribution in [2.75, 3.05) is 31.7 Å². The molecule has 1 N–H and O–H groups in total. The molecule has 0 heterocycles. The molecule has 2 rings (SSSR count). The first kappa shape index (κ1) is 15.9. The number of halogens is 1. The molecule has 0 unspecified atom stereocenters. The fourth-order valence-corrected chi connectivity index (χ4v) is 2.20. The van der Waals surface area contributed by atoms with Crippen molar-refractivity contribution in [3.8, 4) is 0 Å². The van der Waals surface area contributed by atoms with Gasteiger partial charge in [0.15, 0.2) is 0 Å². The Morgan fingerprint density at radius 3 is 2.95 bits per heavy atom. The summed E-state index contributed by atoms with van der Waals surface area (Å²) in [6, 6.07) is 5.46. The monoisotopic (exact) mass is 309 g/mol. The van der Waals surface area contributed by atoms with Crippen LogP contribution in [-0.4, -0.2) is 37.9 Å². The van der Waals surface area contributed by atoms with Gasteiger partial charge in [0.2, 0.25) is 0 Å². The maximum atomic E-state index is 10.7. The van der Waals surface area contributed by atoms with Crippen molar-refractivity contribution in [1.29, 1.82) is 0 Å². The molecule has 1 fully saturated rings. The Morgan fingerprint density at radius 1 is 1.52 bits per heavy atom. The van der Waals surface area contributed by atoms with Gasteiger partial charge in [0.1, 0.15) is 0 Å². The molecule has 0 aromatic heterocycles. The predicted molar refractivity (Wildman–Crippen MR) is 84.9 cm³/mol. The Hall–Kier alpha value is -1.52. The fourth-order valence-electron chi connectivity index (χ4n) is 2.02. The second kappa shape index (κ2) is 7.48. The maximum absolute atomic E-state index is 10.7. The zero-order valence-electron chi connectivity index (χ0n) is 12.1. The van der Waals surface area contributed by atoms with Crippen LogP contribution in [0.1, 0.15) is 18.4 Å². The summed E-state index contributed by atoms with van der Waals surface area (Å²) < 4.78 is 5.63. The highest BCUT2D eigenvalue weighted by Gasteiger charge is 2.21. The number of hydrogen-bond acceptors (Lipinski definition) is 3. The third-order valence-electron chi connectivity index (χ3n) is 3.43. The Bertz CT molecular complexity index is 526. The summed E-state index contributed by atoms with van der Waals surface area (Å²) in [7, 11) is 1.96. The standard InChI is InChI=1S/C16H20ClNO3/c1-18(8-9-21-11-12-2-3-12)15-6-5-14(17)10-13(15)4-7-16(19)20/h4-7,10,12H,2-3,8-9,11H2,1H3,(H,19,20)/b7-4+. The fraction of sp³-hybridized carbons (Fsp3) is 0.438. The summed E-state index contributed by atoms with van der Waals surface area (Å²) in [6.45, 7) is 2.26. The number of aliphatic carboxylic acids is 1. The van der Waals surface area contributed by atoms with Crippen LogP contribution in [0.4, 0.5) is 5.69 Å². The van der Waals surface area contributed by atoms with E-state index in [0.717, 1.165) is 36.4 Å². The van der Waals surface area contributed by atoms with Crippen molar-refractivity contribution in [2.24, 2.45) is 5.92 Å². The van der Waals surface area contributed by atoms with Gasteiger partial charge in [-0.05, 0) is 48.6 Å². The number of carboxylic acids is 1. The van der Waals surface area contributed by atoms with Crippen LogP contribution in [0, 0.1) is 5.92 Å². The minimum Gasteiger partial charge on any atom is -0.478 e. The first-order valence-electron chi connectivity index (χ1n) is 7.05. The van der Waals surface area contributed by atoms with Crippen molar-refractivity contribution >= 4 is 29.3 Å². The van der Waals surface area contributed by atoms with Gasteiger partial charge in [-0.3, -0.25) is 0 Å². The quantitative estimate of drug-likeness (QED) is 0.591. The van der Waals surface area contributed by atoms with Crippen LogP contribution in [0.15, 0.2) is 24.3 Å². The maximum Gasteiger partial charge on any atom is 0.328 e. The van der Waals surface area contributed by atoms with Crippen LogP contribution in [0.25, 0.3) is 6.08 Å². The first-order valence-corrected chi connectivity index (χ1v) is 7.43. The predicted octanol–water partition coefficient (Wildman–Crippen LogP) is 3.30. The molecule has 0 atom stereocenters. The van der Waals surface area contributed by atoms with Crippen LogP contribution in [0.3, 0.4) is 0 Å². The molecule has 1 aliphatic carbocycles. The van der Waals surface area contributed by atoms with E-state index in [0.29, 0.717) is 11.6 Å². The van der Waals surface area contributed by atoms with E-state index in [1.165, 1.54) is 12.8 Å². The summed E-state index contributed by atoms with van der Waals surface area (Å²) in [6.07, 6.45) is 5.26. The number of hydrogen-bond donors (Lipinski definition) is 1. The van der Waals surface area contributed by atoms with E-state index in [-0.39, 0.29) is 0 Å². The number of nitrogens with zero attached hydrogens (tertiary/aromatic N) is 1. The van der Waals surface area contributed by atoms with Crippen molar-refractivity contribution in [1.82, 2.24) is 0 Å². The molecule has 4 nitrogen and oxygen atoms in total. The van der Waals surface area contributed by atoms with E-state index < -0.39 is 5.97 Å². The molecule has 0 radical (unpaired) electrons. The molecular weight excluding hydrogens is 290 g/mol. The molecular formula is C16H20ClNO3. The van der Waals surface area contributed by atoms with Crippen molar-refractivity contribution < 1.29 is 14.6 Å². The number of ether oxygens (including phenoxy) is 1.